The van der Waals surface area contributed by atoms with Gasteiger partial charge in [0.15, 0.2) is 5.70 Å². The summed E-state index contributed by atoms with van der Waals surface area (Å²) in [5, 5.41) is 0.382. The van der Waals surface area contributed by atoms with Crippen LogP contribution in [0.2, 0.25) is 5.02 Å². The highest BCUT2D eigenvalue weighted by Crippen LogP contribution is 2.29. The van der Waals surface area contributed by atoms with Crippen molar-refractivity contribution in [2.75, 3.05) is 0 Å². The Morgan fingerprint density at radius 2 is 1.77 bits per heavy atom. The molecule has 0 aliphatic carbocycles. The van der Waals surface area contributed by atoms with Gasteiger partial charge in [-0.15, -0.1) is 0 Å². The second-order valence-corrected chi connectivity index (χ2v) is 6.99. The minimum atomic E-state index is -0.627. The third kappa shape index (κ3) is 4.99. The van der Waals surface area contributed by atoms with E-state index in [1.54, 1.807) is 18.2 Å². The average Bonchev–Trinajstić information content (AvgIpc) is 3.10. The molecule has 0 aromatic heterocycles. The van der Waals surface area contributed by atoms with Gasteiger partial charge >= 0.3 is 11.9 Å². The highest BCUT2D eigenvalue weighted by atomic mass is 35.5. The largest absolute Gasteiger partial charge is 0.457 e. The molecular formula is C24H16ClNO5. The van der Waals surface area contributed by atoms with Crippen molar-refractivity contribution in [2.45, 2.75) is 6.92 Å². The van der Waals surface area contributed by atoms with E-state index in [4.69, 9.17) is 25.8 Å². The standard InChI is InChI=1S/C24H16ClNO5/c1-15(27)29-22-11-10-17(25)14-20(22)23-26-21(24(28)31-23)13-16-6-5-9-19(12-16)30-18-7-3-2-4-8-18/h2-14H,1H3. The molecule has 1 aliphatic heterocycles. The highest BCUT2D eigenvalue weighted by Gasteiger charge is 2.27. The van der Waals surface area contributed by atoms with Crippen molar-refractivity contribution >= 4 is 35.5 Å². The molecule has 0 fully saturated rings. The van der Waals surface area contributed by atoms with E-state index in [0.717, 1.165) is 0 Å². The summed E-state index contributed by atoms with van der Waals surface area (Å²) in [6, 6.07) is 21.2. The van der Waals surface area contributed by atoms with E-state index in [1.165, 1.54) is 19.1 Å². The molecule has 0 N–H and O–H groups in total. The monoisotopic (exact) mass is 433 g/mol. The van der Waals surface area contributed by atoms with Crippen LogP contribution in [0, 0.1) is 0 Å². The number of ether oxygens (including phenoxy) is 3. The van der Waals surface area contributed by atoms with Crippen LogP contribution in [0.1, 0.15) is 18.1 Å². The van der Waals surface area contributed by atoms with E-state index in [-0.39, 0.29) is 17.3 Å². The number of carbonyl (C=O) groups excluding carboxylic acids is 2. The molecule has 3 aromatic carbocycles. The van der Waals surface area contributed by atoms with E-state index in [2.05, 4.69) is 4.99 Å². The Balaban J connectivity index is 1.63. The minimum absolute atomic E-state index is 0.00619. The van der Waals surface area contributed by atoms with Gasteiger partial charge in [-0.25, -0.2) is 9.79 Å². The van der Waals surface area contributed by atoms with Crippen molar-refractivity contribution in [1.29, 1.82) is 0 Å². The first-order valence-electron chi connectivity index (χ1n) is 9.32. The summed E-state index contributed by atoms with van der Waals surface area (Å²) in [5.41, 5.74) is 1.11. The van der Waals surface area contributed by atoms with E-state index in [9.17, 15) is 9.59 Å². The molecule has 31 heavy (non-hydrogen) atoms. The van der Waals surface area contributed by atoms with Gasteiger partial charge in [-0.1, -0.05) is 41.9 Å². The Hall–Kier alpha value is -3.90. The van der Waals surface area contributed by atoms with Crippen molar-refractivity contribution in [3.63, 3.8) is 0 Å². The highest BCUT2D eigenvalue weighted by molar-refractivity contribution is 6.31. The van der Waals surface area contributed by atoms with Crippen LogP contribution in [0.15, 0.2) is 83.5 Å². The van der Waals surface area contributed by atoms with Crippen LogP contribution < -0.4 is 9.47 Å². The topological polar surface area (TPSA) is 74.2 Å². The Morgan fingerprint density at radius 1 is 1.00 bits per heavy atom. The van der Waals surface area contributed by atoms with Crippen LogP contribution in [0.4, 0.5) is 0 Å². The summed E-state index contributed by atoms with van der Waals surface area (Å²) in [7, 11) is 0. The molecule has 0 atom stereocenters. The number of halogens is 1. The zero-order valence-electron chi connectivity index (χ0n) is 16.4. The number of carbonyl (C=O) groups is 2. The van der Waals surface area contributed by atoms with Gasteiger partial charge in [-0.2, -0.15) is 0 Å². The third-order valence-electron chi connectivity index (χ3n) is 4.19. The molecule has 6 nitrogen and oxygen atoms in total. The lowest BCUT2D eigenvalue weighted by molar-refractivity contribution is -0.132. The predicted molar refractivity (Wildman–Crippen MR) is 116 cm³/mol. The molecule has 154 valence electrons. The fraction of sp³-hybridized carbons (Fsp3) is 0.0417. The fourth-order valence-corrected chi connectivity index (χ4v) is 3.06. The second kappa shape index (κ2) is 8.85. The van der Waals surface area contributed by atoms with Crippen LogP contribution in [-0.2, 0) is 14.3 Å². The smallest absolute Gasteiger partial charge is 0.363 e. The van der Waals surface area contributed by atoms with Crippen LogP contribution in [0.3, 0.4) is 0 Å². The number of rotatable bonds is 5. The number of aliphatic imine (C=N–C) groups is 1. The Bertz CT molecular complexity index is 1220. The van der Waals surface area contributed by atoms with E-state index in [1.807, 2.05) is 48.5 Å². The van der Waals surface area contributed by atoms with E-state index >= 15 is 0 Å². The maximum atomic E-state index is 12.4. The summed E-state index contributed by atoms with van der Waals surface area (Å²) in [5.74, 6) is 0.377. The lowest BCUT2D eigenvalue weighted by Gasteiger charge is -2.08. The van der Waals surface area contributed by atoms with Gasteiger partial charge in [0.1, 0.15) is 17.2 Å². The summed E-state index contributed by atoms with van der Waals surface area (Å²) in [6.45, 7) is 1.27. The lowest BCUT2D eigenvalue weighted by atomic mass is 10.2. The van der Waals surface area contributed by atoms with Crippen molar-refractivity contribution < 1.29 is 23.8 Å². The predicted octanol–water partition coefficient (Wildman–Crippen LogP) is 5.40. The van der Waals surface area contributed by atoms with Crippen LogP contribution in [0.25, 0.3) is 6.08 Å². The number of esters is 2. The minimum Gasteiger partial charge on any atom is -0.457 e. The van der Waals surface area contributed by atoms with Gasteiger partial charge < -0.3 is 14.2 Å². The molecule has 0 unspecified atom stereocenters. The van der Waals surface area contributed by atoms with Crippen molar-refractivity contribution in [2.24, 2.45) is 4.99 Å². The molecule has 0 saturated heterocycles. The lowest BCUT2D eigenvalue weighted by Crippen LogP contribution is -2.10. The zero-order valence-corrected chi connectivity index (χ0v) is 17.1. The van der Waals surface area contributed by atoms with Crippen molar-refractivity contribution in [3.8, 4) is 17.2 Å². The number of para-hydroxylation sites is 1. The van der Waals surface area contributed by atoms with Gasteiger partial charge in [0.05, 0.1) is 5.56 Å². The Kier molecular flexibility index (Phi) is 5.82. The first-order chi connectivity index (χ1) is 15.0. The zero-order chi connectivity index (χ0) is 21.8. The fourth-order valence-electron chi connectivity index (χ4n) is 2.89. The third-order valence-corrected chi connectivity index (χ3v) is 4.42. The van der Waals surface area contributed by atoms with Gasteiger partial charge in [-0.3, -0.25) is 4.79 Å². The van der Waals surface area contributed by atoms with Crippen LogP contribution in [0.5, 0.6) is 17.2 Å². The molecule has 4 rings (SSSR count). The quantitative estimate of drug-likeness (QED) is 0.306. The SMILES string of the molecule is CC(=O)Oc1ccc(Cl)cc1C1=NC(=Cc2cccc(Oc3ccccc3)c2)C(=O)O1. The second-order valence-electron chi connectivity index (χ2n) is 6.56. The molecular weight excluding hydrogens is 418 g/mol. The Morgan fingerprint density at radius 3 is 2.55 bits per heavy atom. The number of hydrogen-bond acceptors (Lipinski definition) is 6. The van der Waals surface area contributed by atoms with Crippen LogP contribution in [-0.4, -0.2) is 17.8 Å². The summed E-state index contributed by atoms with van der Waals surface area (Å²) < 4.78 is 16.3. The van der Waals surface area contributed by atoms with Gasteiger partial charge in [0, 0.05) is 11.9 Å². The molecule has 0 amide bonds. The number of hydrogen-bond donors (Lipinski definition) is 0. The average molecular weight is 434 g/mol. The molecule has 0 spiro atoms. The number of cyclic esters (lactones) is 1. The normalized spacial score (nSPS) is 14.2. The number of benzene rings is 3. The van der Waals surface area contributed by atoms with E-state index < -0.39 is 11.9 Å². The molecule has 7 heteroatoms. The Labute approximate surface area is 183 Å². The molecule has 0 saturated carbocycles. The maximum Gasteiger partial charge on any atom is 0.363 e. The molecule has 1 heterocycles. The number of nitrogens with zero attached hydrogens (tertiary/aromatic N) is 1. The van der Waals surface area contributed by atoms with Gasteiger partial charge in [0.25, 0.3) is 0 Å². The van der Waals surface area contributed by atoms with Crippen LogP contribution >= 0.6 is 11.6 Å². The summed E-state index contributed by atoms with van der Waals surface area (Å²) >= 11 is 6.05. The molecule has 1 aliphatic rings. The van der Waals surface area contributed by atoms with Crippen molar-refractivity contribution in [1.82, 2.24) is 0 Å². The molecule has 3 aromatic rings. The van der Waals surface area contributed by atoms with E-state index in [0.29, 0.717) is 27.6 Å². The first-order valence-corrected chi connectivity index (χ1v) is 9.69. The molecule has 0 radical (unpaired) electrons. The van der Waals surface area contributed by atoms with Gasteiger partial charge in [0.2, 0.25) is 5.90 Å². The first kappa shape index (κ1) is 20.4. The summed E-state index contributed by atoms with van der Waals surface area (Å²) in [4.78, 5) is 28.0. The van der Waals surface area contributed by atoms with Gasteiger partial charge in [-0.05, 0) is 54.1 Å². The van der Waals surface area contributed by atoms with Crippen molar-refractivity contribution in [3.05, 3.63) is 94.6 Å². The molecule has 0 bridgehead atoms. The summed E-state index contributed by atoms with van der Waals surface area (Å²) in [6.07, 6.45) is 1.59. The maximum absolute atomic E-state index is 12.4.